The molecule has 1 aromatic carbocycles. The van der Waals surface area contributed by atoms with Crippen molar-refractivity contribution in [2.24, 2.45) is 0 Å². The molecule has 1 atom stereocenters. The highest BCUT2D eigenvalue weighted by Crippen LogP contribution is 2.20. The second-order valence-corrected chi connectivity index (χ2v) is 4.67. The summed E-state index contributed by atoms with van der Waals surface area (Å²) in [6, 6.07) is 7.74. The normalized spacial score (nSPS) is 19.6. The van der Waals surface area contributed by atoms with Gasteiger partial charge in [-0.25, -0.2) is 0 Å². The Bertz CT molecular complexity index is 425. The number of hydrogen-bond donors (Lipinski definition) is 1. The molecule has 0 spiro atoms. The average Bonchev–Trinajstić information content (AvgIpc) is 2.38. The summed E-state index contributed by atoms with van der Waals surface area (Å²) in [4.78, 5) is 0. The topological polar surface area (TPSA) is 54.3 Å². The summed E-state index contributed by atoms with van der Waals surface area (Å²) in [6.45, 7) is 2.55. The number of ether oxygens (including phenoxy) is 2. The Morgan fingerprint density at radius 2 is 2.35 bits per heavy atom. The lowest BCUT2D eigenvalue weighted by molar-refractivity contribution is -0.0818. The molecule has 0 bridgehead atoms. The Labute approximate surface area is 109 Å². The van der Waals surface area contributed by atoms with Gasteiger partial charge in [0.15, 0.2) is 0 Å². The first kappa shape index (κ1) is 12.4. The Balaban J connectivity index is 1.96. The third-order valence-corrected chi connectivity index (χ3v) is 3.00. The van der Waals surface area contributed by atoms with E-state index in [9.17, 15) is 0 Å². The zero-order chi connectivity index (χ0) is 12.1. The first-order valence-corrected chi connectivity index (χ1v) is 6.22. The number of nitriles is 1. The van der Waals surface area contributed by atoms with Gasteiger partial charge in [0.1, 0.15) is 6.07 Å². The van der Waals surface area contributed by atoms with Crippen molar-refractivity contribution in [3.05, 3.63) is 28.2 Å². The molecule has 1 aliphatic rings. The van der Waals surface area contributed by atoms with Gasteiger partial charge in [-0.2, -0.15) is 5.26 Å². The van der Waals surface area contributed by atoms with Crippen molar-refractivity contribution >= 4 is 21.6 Å². The van der Waals surface area contributed by atoms with Crippen LogP contribution in [0.15, 0.2) is 22.7 Å². The molecule has 0 saturated carbocycles. The summed E-state index contributed by atoms with van der Waals surface area (Å²) in [7, 11) is 0. The minimum Gasteiger partial charge on any atom is -0.381 e. The number of nitrogens with one attached hydrogen (secondary N) is 1. The predicted octanol–water partition coefficient (Wildman–Crippen LogP) is 2.15. The van der Waals surface area contributed by atoms with Crippen molar-refractivity contribution in [2.45, 2.75) is 6.10 Å². The van der Waals surface area contributed by atoms with Gasteiger partial charge in [0, 0.05) is 11.0 Å². The number of benzene rings is 1. The summed E-state index contributed by atoms with van der Waals surface area (Å²) < 4.78 is 11.7. The van der Waals surface area contributed by atoms with E-state index in [-0.39, 0.29) is 6.10 Å². The summed E-state index contributed by atoms with van der Waals surface area (Å²) in [5.74, 6) is 0. The SMILES string of the molecule is N#Cc1cc(Br)ccc1NCC1COCCO1. The van der Waals surface area contributed by atoms with Gasteiger partial charge in [-0.15, -0.1) is 0 Å². The maximum Gasteiger partial charge on any atom is 0.101 e. The highest BCUT2D eigenvalue weighted by Gasteiger charge is 2.14. The molecule has 0 aromatic heterocycles. The second kappa shape index (κ2) is 6.01. The van der Waals surface area contributed by atoms with E-state index < -0.39 is 0 Å². The Hall–Kier alpha value is -1.09. The van der Waals surface area contributed by atoms with Crippen LogP contribution in [0.5, 0.6) is 0 Å². The first-order chi connectivity index (χ1) is 8.29. The van der Waals surface area contributed by atoms with Crippen LogP contribution in [0, 0.1) is 11.3 Å². The lowest BCUT2D eigenvalue weighted by atomic mass is 10.2. The molecule has 2 rings (SSSR count). The van der Waals surface area contributed by atoms with Crippen molar-refractivity contribution in [2.75, 3.05) is 31.7 Å². The van der Waals surface area contributed by atoms with E-state index in [4.69, 9.17) is 14.7 Å². The van der Waals surface area contributed by atoms with Gasteiger partial charge < -0.3 is 14.8 Å². The van der Waals surface area contributed by atoms with Crippen molar-refractivity contribution in [1.82, 2.24) is 0 Å². The van der Waals surface area contributed by atoms with Crippen LogP contribution < -0.4 is 5.32 Å². The van der Waals surface area contributed by atoms with Crippen LogP contribution in [0.3, 0.4) is 0 Å². The second-order valence-electron chi connectivity index (χ2n) is 3.75. The molecule has 1 saturated heterocycles. The van der Waals surface area contributed by atoms with Crippen LogP contribution in [-0.2, 0) is 9.47 Å². The Morgan fingerprint density at radius 3 is 3.06 bits per heavy atom. The van der Waals surface area contributed by atoms with Crippen LogP contribution >= 0.6 is 15.9 Å². The molecule has 1 fully saturated rings. The van der Waals surface area contributed by atoms with E-state index in [1.54, 1.807) is 6.07 Å². The van der Waals surface area contributed by atoms with Gasteiger partial charge in [0.2, 0.25) is 0 Å². The van der Waals surface area contributed by atoms with Crippen LogP contribution in [0.1, 0.15) is 5.56 Å². The van der Waals surface area contributed by atoms with E-state index >= 15 is 0 Å². The molecule has 90 valence electrons. The number of nitrogens with zero attached hydrogens (tertiary/aromatic N) is 1. The van der Waals surface area contributed by atoms with E-state index in [2.05, 4.69) is 27.3 Å². The maximum absolute atomic E-state index is 9.01. The Morgan fingerprint density at radius 1 is 1.47 bits per heavy atom. The Kier molecular flexibility index (Phi) is 4.37. The molecule has 17 heavy (non-hydrogen) atoms. The molecule has 0 aliphatic carbocycles. The standard InChI is InChI=1S/C12H13BrN2O2/c13-10-1-2-12(9(5-10)6-14)15-7-11-8-16-3-4-17-11/h1-2,5,11,15H,3-4,7-8H2. The molecule has 1 unspecified atom stereocenters. The molecular weight excluding hydrogens is 284 g/mol. The molecule has 0 amide bonds. The molecule has 1 aromatic rings. The predicted molar refractivity (Wildman–Crippen MR) is 67.9 cm³/mol. The van der Waals surface area contributed by atoms with E-state index in [0.29, 0.717) is 31.9 Å². The zero-order valence-corrected chi connectivity index (χ0v) is 10.9. The van der Waals surface area contributed by atoms with E-state index in [1.807, 2.05) is 12.1 Å². The molecule has 1 aliphatic heterocycles. The number of anilines is 1. The van der Waals surface area contributed by atoms with Gasteiger partial charge in [-0.1, -0.05) is 15.9 Å². The summed E-state index contributed by atoms with van der Waals surface area (Å²) in [5, 5.41) is 12.2. The summed E-state index contributed by atoms with van der Waals surface area (Å²) in [6.07, 6.45) is 0.0546. The zero-order valence-electron chi connectivity index (χ0n) is 9.28. The lowest BCUT2D eigenvalue weighted by Gasteiger charge is -2.23. The highest BCUT2D eigenvalue weighted by molar-refractivity contribution is 9.10. The first-order valence-electron chi connectivity index (χ1n) is 5.42. The van der Waals surface area contributed by atoms with Crippen molar-refractivity contribution < 1.29 is 9.47 Å². The molecular formula is C12H13BrN2O2. The number of rotatable bonds is 3. The molecule has 4 nitrogen and oxygen atoms in total. The molecule has 1 N–H and O–H groups in total. The molecule has 0 radical (unpaired) electrons. The lowest BCUT2D eigenvalue weighted by Crippen LogP contribution is -2.34. The summed E-state index contributed by atoms with van der Waals surface area (Å²) in [5.41, 5.74) is 1.45. The van der Waals surface area contributed by atoms with Gasteiger partial charge in [0.05, 0.1) is 37.2 Å². The highest BCUT2D eigenvalue weighted by atomic mass is 79.9. The number of hydrogen-bond acceptors (Lipinski definition) is 4. The fourth-order valence-corrected chi connectivity index (χ4v) is 2.00. The molecule has 1 heterocycles. The summed E-state index contributed by atoms with van der Waals surface area (Å²) >= 11 is 3.34. The van der Waals surface area contributed by atoms with E-state index in [0.717, 1.165) is 10.2 Å². The van der Waals surface area contributed by atoms with Crippen LogP contribution in [0.4, 0.5) is 5.69 Å². The fourth-order valence-electron chi connectivity index (χ4n) is 1.64. The fraction of sp³-hybridized carbons (Fsp3) is 0.417. The minimum absolute atomic E-state index is 0.0546. The minimum atomic E-state index is 0.0546. The van der Waals surface area contributed by atoms with Crippen molar-refractivity contribution in [3.8, 4) is 6.07 Å². The van der Waals surface area contributed by atoms with E-state index in [1.165, 1.54) is 0 Å². The average molecular weight is 297 g/mol. The maximum atomic E-state index is 9.01. The van der Waals surface area contributed by atoms with Crippen molar-refractivity contribution in [3.63, 3.8) is 0 Å². The molecule has 5 heteroatoms. The third-order valence-electron chi connectivity index (χ3n) is 2.51. The third kappa shape index (κ3) is 3.43. The van der Waals surface area contributed by atoms with Gasteiger partial charge in [-0.05, 0) is 18.2 Å². The van der Waals surface area contributed by atoms with Gasteiger partial charge >= 0.3 is 0 Å². The van der Waals surface area contributed by atoms with Crippen molar-refractivity contribution in [1.29, 1.82) is 5.26 Å². The number of halogens is 1. The quantitative estimate of drug-likeness (QED) is 0.929. The van der Waals surface area contributed by atoms with Crippen LogP contribution in [-0.4, -0.2) is 32.5 Å². The van der Waals surface area contributed by atoms with Crippen LogP contribution in [0.2, 0.25) is 0 Å². The van der Waals surface area contributed by atoms with Crippen LogP contribution in [0.25, 0.3) is 0 Å². The monoisotopic (exact) mass is 296 g/mol. The van der Waals surface area contributed by atoms with Gasteiger partial charge in [-0.3, -0.25) is 0 Å². The largest absolute Gasteiger partial charge is 0.381 e. The smallest absolute Gasteiger partial charge is 0.101 e. The van der Waals surface area contributed by atoms with Gasteiger partial charge in [0.25, 0.3) is 0 Å².